The number of ether oxygens (including phenoxy) is 3. The van der Waals surface area contributed by atoms with Crippen LogP contribution in [0, 0.1) is 11.8 Å². The van der Waals surface area contributed by atoms with E-state index < -0.39 is 35.3 Å². The molecule has 15 nitrogen and oxygen atoms in total. The Bertz CT molecular complexity index is 2500. The molecule has 2 aromatic heterocycles. The lowest BCUT2D eigenvalue weighted by molar-refractivity contribution is -0.127. The molecular weight excluding hydrogens is 801 g/mol. The number of amides is 4. The monoisotopic (exact) mass is 858 g/mol. The van der Waals surface area contributed by atoms with Crippen molar-refractivity contribution in [1.82, 2.24) is 41.2 Å². The lowest BCUT2D eigenvalue weighted by Crippen LogP contribution is -2.55. The number of alkyl carbamates (subject to hydrolysis) is 2. The van der Waals surface area contributed by atoms with Gasteiger partial charge in [-0.2, -0.15) is 0 Å². The maximum atomic E-state index is 13.7. The first kappa shape index (κ1) is 43.3. The lowest BCUT2D eigenvalue weighted by atomic mass is 9.94. The number of nitrogens with one attached hydrogen (secondary N) is 6. The van der Waals surface area contributed by atoms with Crippen molar-refractivity contribution in [2.45, 2.75) is 109 Å². The van der Waals surface area contributed by atoms with Gasteiger partial charge in [0.25, 0.3) is 0 Å². The first-order valence-electron chi connectivity index (χ1n) is 22.1. The summed E-state index contributed by atoms with van der Waals surface area (Å²) in [6.45, 7) is 8.03. The van der Waals surface area contributed by atoms with Crippen LogP contribution in [-0.2, 0) is 36.6 Å². The molecule has 3 aliphatic rings. The Balaban J connectivity index is 1.00. The van der Waals surface area contributed by atoms with Gasteiger partial charge in [-0.05, 0) is 84.0 Å². The summed E-state index contributed by atoms with van der Waals surface area (Å²) in [4.78, 5) is 68.6. The average Bonchev–Trinajstić information content (AvgIpc) is 4.11. The quantitative estimate of drug-likeness (QED) is 0.0726. The summed E-state index contributed by atoms with van der Waals surface area (Å²) in [7, 11) is 2.57. The van der Waals surface area contributed by atoms with Crippen LogP contribution in [0.4, 0.5) is 9.59 Å². The number of rotatable bonds is 12. The third kappa shape index (κ3) is 8.69. The van der Waals surface area contributed by atoms with Gasteiger partial charge < -0.3 is 45.4 Å². The van der Waals surface area contributed by atoms with Crippen molar-refractivity contribution in [3.05, 3.63) is 78.0 Å². The zero-order valence-electron chi connectivity index (χ0n) is 36.9. The number of carbonyl (C=O) groups excluding carboxylic acids is 4. The van der Waals surface area contributed by atoms with Crippen molar-refractivity contribution in [1.29, 1.82) is 0 Å². The summed E-state index contributed by atoms with van der Waals surface area (Å²) in [5.41, 5.74) is 7.13. The lowest BCUT2D eigenvalue weighted by Gasteiger charge is -2.31. The number of aromatic nitrogens is 4. The van der Waals surface area contributed by atoms with E-state index in [1.54, 1.807) is 0 Å². The SMILES string of the molecule is COC(=O)N[C@H](C(=O)NC1(c2nc3c([nH]2)CCOc2cc(-c4ccc(-c5ccc6nc(C7(NC(=O)[C@@H](NC(=O)OC)C(C)C)CCCC7)[nH]c6c5)cc4)ccc2-3)CCCC1)C(C)C. The molecule has 2 fully saturated rings. The van der Waals surface area contributed by atoms with Crippen LogP contribution in [0.3, 0.4) is 0 Å². The highest BCUT2D eigenvalue weighted by Crippen LogP contribution is 2.43. The third-order valence-corrected chi connectivity index (χ3v) is 13.0. The zero-order valence-corrected chi connectivity index (χ0v) is 36.9. The van der Waals surface area contributed by atoms with Gasteiger partial charge in [0.15, 0.2) is 0 Å². The molecule has 63 heavy (non-hydrogen) atoms. The Morgan fingerprint density at radius 2 is 1.14 bits per heavy atom. The van der Waals surface area contributed by atoms with Crippen LogP contribution >= 0.6 is 0 Å². The van der Waals surface area contributed by atoms with Gasteiger partial charge in [-0.3, -0.25) is 9.59 Å². The Kier molecular flexibility index (Phi) is 12.2. The Morgan fingerprint density at radius 3 is 1.67 bits per heavy atom. The second-order valence-electron chi connectivity index (χ2n) is 17.9. The number of nitrogens with zero attached hydrogens (tertiary/aromatic N) is 2. The van der Waals surface area contributed by atoms with Crippen molar-refractivity contribution in [2.24, 2.45) is 11.8 Å². The van der Waals surface area contributed by atoms with Gasteiger partial charge in [-0.15, -0.1) is 0 Å². The van der Waals surface area contributed by atoms with E-state index in [2.05, 4.69) is 85.8 Å². The average molecular weight is 859 g/mol. The van der Waals surface area contributed by atoms with Gasteiger partial charge in [-0.25, -0.2) is 19.6 Å². The number of fused-ring (bicyclic) bond motifs is 4. The molecule has 2 atom stereocenters. The summed E-state index contributed by atoms with van der Waals surface area (Å²) in [5, 5.41) is 11.9. The van der Waals surface area contributed by atoms with E-state index in [0.717, 1.165) is 119 Å². The number of hydrogen-bond donors (Lipinski definition) is 6. The zero-order chi connectivity index (χ0) is 44.5. The van der Waals surface area contributed by atoms with Crippen LogP contribution in [0.2, 0.25) is 0 Å². The molecule has 6 N–H and O–H groups in total. The van der Waals surface area contributed by atoms with Gasteiger partial charge >= 0.3 is 12.2 Å². The standard InChI is InChI=1S/C48H58N8O7/c1-27(2)38(53-45(59)61-5)41(57)55-47(20-7-8-21-47)43-49-34-18-16-31(25-36(34)51-43)29-11-13-30(14-12-29)32-15-17-33-37(26-32)63-24-19-35-40(33)52-44(50-35)48(22-9-10-23-48)56-42(58)39(28(3)4)54-46(60)62-6/h11-18,25-28,38-39H,7-10,19-24H2,1-6H3,(H,49,51)(H,50,52)(H,53,59)(H,54,60)(H,55,57)(H,56,58)/t38-,39-/m0/s1. The molecule has 2 saturated carbocycles. The molecule has 0 unspecified atom stereocenters. The van der Waals surface area contributed by atoms with Crippen LogP contribution in [0.15, 0.2) is 60.7 Å². The summed E-state index contributed by atoms with van der Waals surface area (Å²) in [6, 6.07) is 19.3. The smallest absolute Gasteiger partial charge is 0.407 e. The highest BCUT2D eigenvalue weighted by atomic mass is 16.5. The fraction of sp³-hybridized carbons (Fsp3) is 0.458. The first-order valence-corrected chi connectivity index (χ1v) is 22.1. The number of carbonyl (C=O) groups is 4. The van der Waals surface area contributed by atoms with Crippen molar-refractivity contribution >= 4 is 35.0 Å². The molecule has 15 heteroatoms. The summed E-state index contributed by atoms with van der Waals surface area (Å²) < 4.78 is 15.9. The maximum Gasteiger partial charge on any atom is 0.407 e. The number of imidazole rings is 2. The minimum atomic E-state index is -0.752. The number of methoxy groups -OCH3 is 2. The fourth-order valence-electron chi connectivity index (χ4n) is 9.46. The molecule has 1 aliphatic heterocycles. The molecule has 4 amide bonds. The topological polar surface area (TPSA) is 201 Å². The van der Waals surface area contributed by atoms with E-state index in [0.29, 0.717) is 13.0 Å². The van der Waals surface area contributed by atoms with E-state index in [1.807, 2.05) is 33.8 Å². The second-order valence-corrected chi connectivity index (χ2v) is 17.9. The van der Waals surface area contributed by atoms with Gasteiger partial charge in [-0.1, -0.05) is 89.8 Å². The van der Waals surface area contributed by atoms with Crippen LogP contribution in [0.25, 0.3) is 44.5 Å². The fourth-order valence-corrected chi connectivity index (χ4v) is 9.46. The second kappa shape index (κ2) is 17.8. The van der Waals surface area contributed by atoms with Crippen molar-refractivity contribution < 1.29 is 33.4 Å². The Labute approximate surface area is 367 Å². The highest BCUT2D eigenvalue weighted by Gasteiger charge is 2.44. The first-order chi connectivity index (χ1) is 30.3. The van der Waals surface area contributed by atoms with Crippen LogP contribution in [-0.4, -0.2) is 76.8 Å². The molecule has 0 saturated heterocycles. The molecule has 0 spiro atoms. The number of hydrogen-bond acceptors (Lipinski definition) is 9. The molecule has 3 aromatic carbocycles. The molecule has 0 bridgehead atoms. The van der Waals surface area contributed by atoms with Gasteiger partial charge in [0, 0.05) is 17.7 Å². The molecule has 0 radical (unpaired) electrons. The minimum Gasteiger partial charge on any atom is -0.492 e. The van der Waals surface area contributed by atoms with E-state index >= 15 is 0 Å². The number of aromatic amines is 2. The molecule has 8 rings (SSSR count). The number of H-pyrrole nitrogens is 2. The van der Waals surface area contributed by atoms with Gasteiger partial charge in [0.05, 0.1) is 48.6 Å². The highest BCUT2D eigenvalue weighted by molar-refractivity contribution is 5.88. The van der Waals surface area contributed by atoms with E-state index in [4.69, 9.17) is 24.2 Å². The normalized spacial score (nSPS) is 17.2. The Morgan fingerprint density at radius 1 is 0.651 bits per heavy atom. The number of benzene rings is 3. The predicted molar refractivity (Wildman–Crippen MR) is 239 cm³/mol. The summed E-state index contributed by atoms with van der Waals surface area (Å²) >= 11 is 0. The third-order valence-electron chi connectivity index (χ3n) is 13.0. The van der Waals surface area contributed by atoms with E-state index in [9.17, 15) is 19.2 Å². The van der Waals surface area contributed by atoms with Crippen molar-refractivity contribution in [2.75, 3.05) is 20.8 Å². The van der Waals surface area contributed by atoms with Crippen LogP contribution in [0.5, 0.6) is 5.75 Å². The summed E-state index contributed by atoms with van der Waals surface area (Å²) in [5.74, 6) is 1.38. The van der Waals surface area contributed by atoms with E-state index in [1.165, 1.54) is 14.2 Å². The molecule has 332 valence electrons. The minimum absolute atomic E-state index is 0.140. The molecule has 2 aliphatic carbocycles. The maximum absolute atomic E-state index is 13.7. The largest absolute Gasteiger partial charge is 0.492 e. The molecular formula is C48H58N8O7. The Hall–Kier alpha value is -6.38. The van der Waals surface area contributed by atoms with Gasteiger partial charge in [0.2, 0.25) is 11.8 Å². The van der Waals surface area contributed by atoms with Gasteiger partial charge in [0.1, 0.15) is 29.5 Å². The van der Waals surface area contributed by atoms with Crippen LogP contribution in [0.1, 0.15) is 96.4 Å². The predicted octanol–water partition coefficient (Wildman–Crippen LogP) is 7.75. The summed E-state index contributed by atoms with van der Waals surface area (Å²) in [6.07, 6.45) is 6.11. The van der Waals surface area contributed by atoms with Crippen LogP contribution < -0.4 is 26.0 Å². The van der Waals surface area contributed by atoms with Crippen molar-refractivity contribution in [3.8, 4) is 39.3 Å². The molecule has 5 aromatic rings. The van der Waals surface area contributed by atoms with E-state index in [-0.39, 0.29) is 23.7 Å². The molecule has 3 heterocycles. The van der Waals surface area contributed by atoms with Crippen molar-refractivity contribution in [3.63, 3.8) is 0 Å².